The highest BCUT2D eigenvalue weighted by atomic mass is 32.2. The number of ether oxygens (including phenoxy) is 1. The fourth-order valence-corrected chi connectivity index (χ4v) is 4.03. The van der Waals surface area contributed by atoms with Crippen LogP contribution in [0, 0.1) is 5.82 Å². The lowest BCUT2D eigenvalue weighted by Crippen LogP contribution is -2.23. The molecule has 0 aliphatic rings. The Bertz CT molecular complexity index is 1100. The fourth-order valence-electron chi connectivity index (χ4n) is 2.28. The van der Waals surface area contributed by atoms with Crippen LogP contribution in [0.15, 0.2) is 53.4 Å². The summed E-state index contributed by atoms with van der Waals surface area (Å²) in [6.45, 7) is 2.17. The van der Waals surface area contributed by atoms with Gasteiger partial charge in [-0.05, 0) is 43.3 Å². The molecule has 152 valence electrons. The third-order valence-corrected chi connectivity index (χ3v) is 5.98. The Balaban J connectivity index is 1.62. The molecular formula is C18H17FN4O4S2. The zero-order chi connectivity index (χ0) is 20.9. The summed E-state index contributed by atoms with van der Waals surface area (Å²) >= 11 is 0.907. The van der Waals surface area contributed by atoms with E-state index in [4.69, 9.17) is 4.74 Å². The lowest BCUT2D eigenvalue weighted by Gasteiger charge is -2.07. The number of aromatic nitrogens is 2. The van der Waals surface area contributed by atoms with E-state index in [1.54, 1.807) is 18.2 Å². The summed E-state index contributed by atoms with van der Waals surface area (Å²) in [7, 11) is -3.77. The number of nitrogens with zero attached hydrogens (tertiary/aromatic N) is 2. The first-order valence-electron chi connectivity index (χ1n) is 8.50. The molecule has 0 radical (unpaired) electrons. The first-order valence-corrected chi connectivity index (χ1v) is 10.8. The standard InChI is InChI=1S/C18H17FN4O4S2/c1-2-27-12-7-9-13(10-8-12)29(25,26)20-11-16-22-23-18(28-16)17(24)21-15-6-4-3-5-14(15)19/h3-10,20H,2,11H2,1H3,(H,21,24). The Kier molecular flexibility index (Phi) is 6.52. The van der Waals surface area contributed by atoms with Gasteiger partial charge in [-0.25, -0.2) is 17.5 Å². The molecule has 0 atom stereocenters. The predicted molar refractivity (Wildman–Crippen MR) is 106 cm³/mol. The van der Waals surface area contributed by atoms with Gasteiger partial charge in [0.25, 0.3) is 5.91 Å². The van der Waals surface area contributed by atoms with E-state index in [0.29, 0.717) is 12.4 Å². The maximum absolute atomic E-state index is 13.6. The number of anilines is 1. The Morgan fingerprint density at radius 3 is 2.55 bits per heavy atom. The Morgan fingerprint density at radius 1 is 1.14 bits per heavy atom. The van der Waals surface area contributed by atoms with Crippen molar-refractivity contribution in [3.8, 4) is 5.75 Å². The van der Waals surface area contributed by atoms with Crippen molar-refractivity contribution in [2.75, 3.05) is 11.9 Å². The molecule has 0 saturated heterocycles. The molecule has 1 heterocycles. The summed E-state index contributed by atoms with van der Waals surface area (Å²) in [4.78, 5) is 12.2. The molecule has 2 aromatic carbocycles. The van der Waals surface area contributed by atoms with Crippen molar-refractivity contribution in [1.29, 1.82) is 0 Å². The van der Waals surface area contributed by atoms with Gasteiger partial charge in [-0.3, -0.25) is 4.79 Å². The highest BCUT2D eigenvalue weighted by molar-refractivity contribution is 7.89. The molecule has 3 rings (SSSR count). The number of hydrogen-bond donors (Lipinski definition) is 2. The highest BCUT2D eigenvalue weighted by Gasteiger charge is 2.18. The third-order valence-electron chi connectivity index (χ3n) is 3.64. The van der Waals surface area contributed by atoms with Gasteiger partial charge in [0, 0.05) is 0 Å². The van der Waals surface area contributed by atoms with Crippen molar-refractivity contribution >= 4 is 33.0 Å². The van der Waals surface area contributed by atoms with Gasteiger partial charge in [0.05, 0.1) is 23.7 Å². The summed E-state index contributed by atoms with van der Waals surface area (Å²) < 4.78 is 46.1. The maximum atomic E-state index is 13.6. The molecule has 1 aromatic heterocycles. The molecular weight excluding hydrogens is 419 g/mol. The van der Waals surface area contributed by atoms with Crippen molar-refractivity contribution in [3.05, 3.63) is 64.4 Å². The first-order chi connectivity index (χ1) is 13.9. The molecule has 8 nitrogen and oxygen atoms in total. The van der Waals surface area contributed by atoms with Gasteiger partial charge in [-0.1, -0.05) is 23.5 Å². The van der Waals surface area contributed by atoms with E-state index in [0.717, 1.165) is 11.3 Å². The summed E-state index contributed by atoms with van der Waals surface area (Å²) in [5.74, 6) is -0.636. The number of rotatable bonds is 8. The number of nitrogens with one attached hydrogen (secondary N) is 2. The van der Waals surface area contributed by atoms with Crippen LogP contribution in [-0.4, -0.2) is 31.1 Å². The van der Waals surface area contributed by atoms with Gasteiger partial charge >= 0.3 is 0 Å². The van der Waals surface area contributed by atoms with E-state index in [1.165, 1.54) is 30.3 Å². The summed E-state index contributed by atoms with van der Waals surface area (Å²) in [6, 6.07) is 11.7. The minimum atomic E-state index is -3.77. The molecule has 0 aliphatic carbocycles. The summed E-state index contributed by atoms with van der Waals surface area (Å²) in [6.07, 6.45) is 0. The number of carbonyl (C=O) groups excluding carboxylic acids is 1. The monoisotopic (exact) mass is 436 g/mol. The fraction of sp³-hybridized carbons (Fsp3) is 0.167. The van der Waals surface area contributed by atoms with Crippen molar-refractivity contribution in [2.45, 2.75) is 18.4 Å². The van der Waals surface area contributed by atoms with Crippen LogP contribution in [-0.2, 0) is 16.6 Å². The van der Waals surface area contributed by atoms with Crippen LogP contribution >= 0.6 is 11.3 Å². The average Bonchev–Trinajstić information content (AvgIpc) is 3.18. The number of para-hydroxylation sites is 1. The molecule has 2 N–H and O–H groups in total. The van der Waals surface area contributed by atoms with Crippen LogP contribution in [0.5, 0.6) is 5.75 Å². The van der Waals surface area contributed by atoms with Gasteiger partial charge < -0.3 is 10.1 Å². The molecule has 0 fully saturated rings. The molecule has 0 saturated carbocycles. The summed E-state index contributed by atoms with van der Waals surface area (Å²) in [5, 5.41) is 10.2. The van der Waals surface area contributed by atoms with E-state index < -0.39 is 21.7 Å². The average molecular weight is 436 g/mol. The molecule has 3 aromatic rings. The Labute approximate surface area is 170 Å². The molecule has 1 amide bonds. The lowest BCUT2D eigenvalue weighted by atomic mass is 10.3. The van der Waals surface area contributed by atoms with Crippen LogP contribution in [0.25, 0.3) is 0 Å². The van der Waals surface area contributed by atoms with Gasteiger partial charge in [0.15, 0.2) is 0 Å². The largest absolute Gasteiger partial charge is 0.494 e. The topological polar surface area (TPSA) is 110 Å². The zero-order valence-electron chi connectivity index (χ0n) is 15.3. The zero-order valence-corrected chi connectivity index (χ0v) is 16.9. The van der Waals surface area contributed by atoms with Crippen LogP contribution in [0.1, 0.15) is 21.7 Å². The van der Waals surface area contributed by atoms with Gasteiger partial charge in [-0.2, -0.15) is 0 Å². The molecule has 0 bridgehead atoms. The minimum Gasteiger partial charge on any atom is -0.494 e. The second-order valence-corrected chi connectivity index (χ2v) is 8.49. The molecule has 0 aliphatic heterocycles. The van der Waals surface area contributed by atoms with Gasteiger partial charge in [0.2, 0.25) is 15.0 Å². The molecule has 11 heteroatoms. The summed E-state index contributed by atoms with van der Waals surface area (Å²) in [5.41, 5.74) is 0.0189. The SMILES string of the molecule is CCOc1ccc(S(=O)(=O)NCc2nnc(C(=O)Nc3ccccc3F)s2)cc1. The lowest BCUT2D eigenvalue weighted by molar-refractivity contribution is 0.102. The van der Waals surface area contributed by atoms with E-state index in [9.17, 15) is 17.6 Å². The Morgan fingerprint density at radius 2 is 1.86 bits per heavy atom. The number of carbonyl (C=O) groups is 1. The molecule has 0 unspecified atom stereocenters. The van der Waals surface area contributed by atoms with Crippen molar-refractivity contribution in [3.63, 3.8) is 0 Å². The van der Waals surface area contributed by atoms with Crippen LogP contribution in [0.2, 0.25) is 0 Å². The first kappa shape index (κ1) is 20.8. The van der Waals surface area contributed by atoms with Crippen molar-refractivity contribution in [1.82, 2.24) is 14.9 Å². The van der Waals surface area contributed by atoms with Crippen molar-refractivity contribution < 1.29 is 22.3 Å². The van der Waals surface area contributed by atoms with E-state index >= 15 is 0 Å². The second kappa shape index (κ2) is 9.07. The number of benzene rings is 2. The number of hydrogen-bond acceptors (Lipinski definition) is 7. The van der Waals surface area contributed by atoms with Gasteiger partial charge in [-0.15, -0.1) is 10.2 Å². The number of sulfonamides is 1. The quantitative estimate of drug-likeness (QED) is 0.562. The molecule has 0 spiro atoms. The maximum Gasteiger partial charge on any atom is 0.286 e. The smallest absolute Gasteiger partial charge is 0.286 e. The minimum absolute atomic E-state index is 0.0106. The van der Waals surface area contributed by atoms with E-state index in [-0.39, 0.29) is 27.1 Å². The number of halogens is 1. The van der Waals surface area contributed by atoms with E-state index in [2.05, 4.69) is 20.2 Å². The normalized spacial score (nSPS) is 11.2. The molecule has 29 heavy (non-hydrogen) atoms. The number of amides is 1. The van der Waals surface area contributed by atoms with Gasteiger partial charge in [0.1, 0.15) is 16.6 Å². The van der Waals surface area contributed by atoms with Crippen LogP contribution in [0.3, 0.4) is 0 Å². The Hall–Kier alpha value is -2.89. The highest BCUT2D eigenvalue weighted by Crippen LogP contribution is 2.18. The van der Waals surface area contributed by atoms with Crippen LogP contribution in [0.4, 0.5) is 10.1 Å². The van der Waals surface area contributed by atoms with Crippen molar-refractivity contribution in [2.24, 2.45) is 0 Å². The van der Waals surface area contributed by atoms with E-state index in [1.807, 2.05) is 6.92 Å². The second-order valence-electron chi connectivity index (χ2n) is 5.66. The van der Waals surface area contributed by atoms with Crippen LogP contribution < -0.4 is 14.8 Å². The third kappa shape index (κ3) is 5.34. The predicted octanol–water partition coefficient (Wildman–Crippen LogP) is 2.81.